The Hall–Kier alpha value is -1.31. The third-order valence-corrected chi connectivity index (χ3v) is 6.56. The Morgan fingerprint density at radius 2 is 1.93 bits per heavy atom. The summed E-state index contributed by atoms with van der Waals surface area (Å²) in [4.78, 5) is 23.2. The number of rotatable bonds is 7. The van der Waals surface area contributed by atoms with Gasteiger partial charge in [-0.1, -0.05) is 61.1 Å². The lowest BCUT2D eigenvalue weighted by molar-refractivity contribution is -0.120. The number of H-pyrrole nitrogens is 1. The molecule has 2 N–H and O–H groups in total. The molecule has 1 fully saturated rings. The number of anilines is 2. The number of aromatic nitrogens is 2. The number of nitrogens with one attached hydrogen (secondary N) is 2. The molecular formula is C22H33IN4O. The predicted molar refractivity (Wildman–Crippen MR) is 127 cm³/mol. The maximum atomic E-state index is 13.1. The Bertz CT molecular complexity index is 750. The maximum absolute atomic E-state index is 13.1. The van der Waals surface area contributed by atoms with Crippen molar-refractivity contribution in [3.8, 4) is 0 Å². The van der Waals surface area contributed by atoms with Gasteiger partial charge in [0.1, 0.15) is 0 Å². The zero-order valence-corrected chi connectivity index (χ0v) is 19.1. The average molecular weight is 496 g/mol. The quantitative estimate of drug-likeness (QED) is 0.285. The summed E-state index contributed by atoms with van der Waals surface area (Å²) in [5.74, 6) is 0.283. The molecule has 1 aliphatic carbocycles. The lowest BCUT2D eigenvalue weighted by atomic mass is 9.96. The molecule has 154 valence electrons. The van der Waals surface area contributed by atoms with Crippen molar-refractivity contribution in [2.75, 3.05) is 28.2 Å². The van der Waals surface area contributed by atoms with Crippen molar-refractivity contribution in [2.45, 2.75) is 64.2 Å². The van der Waals surface area contributed by atoms with E-state index < -0.39 is 0 Å². The highest BCUT2D eigenvalue weighted by Gasteiger charge is 2.22. The van der Waals surface area contributed by atoms with E-state index in [4.69, 9.17) is 0 Å². The van der Waals surface area contributed by atoms with E-state index in [2.05, 4.69) is 49.8 Å². The Labute approximate surface area is 182 Å². The lowest BCUT2D eigenvalue weighted by Gasteiger charge is -2.24. The van der Waals surface area contributed by atoms with Crippen LogP contribution in [0.2, 0.25) is 0 Å². The summed E-state index contributed by atoms with van der Waals surface area (Å²) in [6, 6.07) is 1.99. The third kappa shape index (κ3) is 5.61. The maximum Gasteiger partial charge on any atom is 0.227 e. The molecule has 0 saturated heterocycles. The van der Waals surface area contributed by atoms with Crippen LogP contribution in [0, 0.1) is 5.92 Å². The first-order chi connectivity index (χ1) is 13.7. The van der Waals surface area contributed by atoms with Crippen molar-refractivity contribution in [3.05, 3.63) is 18.5 Å². The Morgan fingerprint density at radius 3 is 2.64 bits per heavy atom. The van der Waals surface area contributed by atoms with Crippen molar-refractivity contribution in [1.29, 1.82) is 0 Å². The number of halogens is 1. The van der Waals surface area contributed by atoms with E-state index in [9.17, 15) is 4.79 Å². The second kappa shape index (κ2) is 11.0. The van der Waals surface area contributed by atoms with Gasteiger partial charge in [-0.05, 0) is 36.2 Å². The van der Waals surface area contributed by atoms with Gasteiger partial charge in [-0.25, -0.2) is 0 Å². The standard InChI is InChI=1S/C22H33IN4O/c1-27(15-9-8-13-23)21-19(16-25-18-12-14-24-20(18)21)26-22(28)17-10-6-4-2-3-5-7-11-17/h12,14,16-17,24H,2-11,13,15H2,1H3,(H,26,28). The lowest BCUT2D eigenvalue weighted by Crippen LogP contribution is -2.26. The first kappa shape index (κ1) is 21.4. The van der Waals surface area contributed by atoms with E-state index in [0.717, 1.165) is 61.1 Å². The molecule has 3 rings (SSSR count). The summed E-state index contributed by atoms with van der Waals surface area (Å²) >= 11 is 2.43. The fraction of sp³-hybridized carbons (Fsp3) is 0.636. The van der Waals surface area contributed by atoms with Gasteiger partial charge in [0.05, 0.1) is 28.6 Å². The van der Waals surface area contributed by atoms with Gasteiger partial charge in [-0.3, -0.25) is 9.78 Å². The number of unbranched alkanes of at least 4 members (excludes halogenated alkanes) is 1. The van der Waals surface area contributed by atoms with Gasteiger partial charge in [0, 0.05) is 25.7 Å². The number of carbonyl (C=O) groups excluding carboxylic acids is 1. The largest absolute Gasteiger partial charge is 0.371 e. The van der Waals surface area contributed by atoms with Crippen molar-refractivity contribution in [1.82, 2.24) is 9.97 Å². The van der Waals surface area contributed by atoms with E-state index in [1.807, 2.05) is 18.5 Å². The molecule has 1 amide bonds. The summed E-state index contributed by atoms with van der Waals surface area (Å²) in [5, 5.41) is 3.24. The Morgan fingerprint density at radius 1 is 1.21 bits per heavy atom. The number of amides is 1. The number of alkyl halides is 1. The number of carbonyl (C=O) groups is 1. The minimum absolute atomic E-state index is 0.120. The van der Waals surface area contributed by atoms with Gasteiger partial charge in [0.2, 0.25) is 5.91 Å². The molecule has 0 bridgehead atoms. The van der Waals surface area contributed by atoms with Crippen molar-refractivity contribution < 1.29 is 4.79 Å². The molecular weight excluding hydrogens is 463 g/mol. The highest BCUT2D eigenvalue weighted by molar-refractivity contribution is 14.1. The predicted octanol–water partition coefficient (Wildman–Crippen LogP) is 5.90. The third-order valence-electron chi connectivity index (χ3n) is 5.79. The van der Waals surface area contributed by atoms with E-state index in [0.29, 0.717) is 0 Å². The second-order valence-corrected chi connectivity index (χ2v) is 9.04. The van der Waals surface area contributed by atoms with Gasteiger partial charge < -0.3 is 15.2 Å². The fourth-order valence-corrected chi connectivity index (χ4v) is 4.70. The molecule has 2 aromatic rings. The van der Waals surface area contributed by atoms with Gasteiger partial charge in [-0.2, -0.15) is 0 Å². The number of hydrogen-bond acceptors (Lipinski definition) is 3. The monoisotopic (exact) mass is 496 g/mol. The van der Waals surface area contributed by atoms with Crippen LogP contribution in [-0.2, 0) is 4.79 Å². The number of nitrogens with zero attached hydrogens (tertiary/aromatic N) is 2. The molecule has 0 aromatic carbocycles. The summed E-state index contributed by atoms with van der Waals surface area (Å²) in [5.41, 5.74) is 3.83. The molecule has 5 nitrogen and oxygen atoms in total. The van der Waals surface area contributed by atoms with Crippen LogP contribution in [0.4, 0.5) is 11.4 Å². The highest BCUT2D eigenvalue weighted by Crippen LogP contribution is 2.33. The number of fused-ring (bicyclic) bond motifs is 1. The first-order valence-electron chi connectivity index (χ1n) is 10.7. The molecule has 0 spiro atoms. The normalized spacial score (nSPS) is 16.4. The molecule has 28 heavy (non-hydrogen) atoms. The minimum Gasteiger partial charge on any atom is -0.371 e. The van der Waals surface area contributed by atoms with E-state index >= 15 is 0 Å². The second-order valence-electron chi connectivity index (χ2n) is 7.96. The molecule has 2 aromatic heterocycles. The van der Waals surface area contributed by atoms with Crippen LogP contribution in [0.5, 0.6) is 0 Å². The summed E-state index contributed by atoms with van der Waals surface area (Å²) < 4.78 is 1.17. The SMILES string of the molecule is CN(CCCCI)c1c(NC(=O)C2CCCCCCCC2)cnc2cc[nH]c12. The summed E-state index contributed by atoms with van der Waals surface area (Å²) in [6.07, 6.45) is 15.6. The Balaban J connectivity index is 1.78. The van der Waals surface area contributed by atoms with Crippen molar-refractivity contribution in [2.24, 2.45) is 5.92 Å². The molecule has 0 atom stereocenters. The van der Waals surface area contributed by atoms with Crippen LogP contribution in [0.3, 0.4) is 0 Å². The van der Waals surface area contributed by atoms with Gasteiger partial charge >= 0.3 is 0 Å². The molecule has 1 aliphatic rings. The van der Waals surface area contributed by atoms with Crippen LogP contribution >= 0.6 is 22.6 Å². The molecule has 6 heteroatoms. The molecule has 0 unspecified atom stereocenters. The summed E-state index contributed by atoms with van der Waals surface area (Å²) in [6.45, 7) is 0.966. The van der Waals surface area contributed by atoms with Gasteiger partial charge in [0.25, 0.3) is 0 Å². The topological polar surface area (TPSA) is 61.0 Å². The molecule has 0 radical (unpaired) electrons. The fourth-order valence-electron chi connectivity index (χ4n) is 4.16. The van der Waals surface area contributed by atoms with Crippen LogP contribution < -0.4 is 10.2 Å². The smallest absolute Gasteiger partial charge is 0.227 e. The van der Waals surface area contributed by atoms with Gasteiger partial charge in [0.15, 0.2) is 0 Å². The van der Waals surface area contributed by atoms with Crippen LogP contribution in [0.25, 0.3) is 11.0 Å². The minimum atomic E-state index is 0.120. The zero-order valence-electron chi connectivity index (χ0n) is 17.0. The first-order valence-corrected chi connectivity index (χ1v) is 12.3. The molecule has 1 saturated carbocycles. The van der Waals surface area contributed by atoms with Crippen LogP contribution in [0.15, 0.2) is 18.5 Å². The number of hydrogen-bond donors (Lipinski definition) is 2. The number of pyridine rings is 1. The van der Waals surface area contributed by atoms with Crippen molar-refractivity contribution >= 4 is 50.9 Å². The highest BCUT2D eigenvalue weighted by atomic mass is 127. The van der Waals surface area contributed by atoms with Crippen LogP contribution in [0.1, 0.15) is 64.2 Å². The van der Waals surface area contributed by atoms with Crippen LogP contribution in [-0.4, -0.2) is 33.9 Å². The summed E-state index contributed by atoms with van der Waals surface area (Å²) in [7, 11) is 2.11. The average Bonchev–Trinajstić information content (AvgIpc) is 3.20. The Kier molecular flexibility index (Phi) is 8.43. The number of aromatic amines is 1. The van der Waals surface area contributed by atoms with Gasteiger partial charge in [-0.15, -0.1) is 0 Å². The van der Waals surface area contributed by atoms with E-state index in [1.54, 1.807) is 0 Å². The molecule has 0 aliphatic heterocycles. The zero-order chi connectivity index (χ0) is 19.8. The molecule has 2 heterocycles. The van der Waals surface area contributed by atoms with E-state index in [1.165, 1.54) is 36.5 Å². The van der Waals surface area contributed by atoms with Crippen molar-refractivity contribution in [3.63, 3.8) is 0 Å². The van der Waals surface area contributed by atoms with E-state index in [-0.39, 0.29) is 11.8 Å².